The van der Waals surface area contributed by atoms with Crippen molar-refractivity contribution in [1.29, 1.82) is 0 Å². The number of aliphatic hydroxyl groups is 2. The van der Waals surface area contributed by atoms with Crippen molar-refractivity contribution in [1.82, 2.24) is 0 Å². The van der Waals surface area contributed by atoms with E-state index in [0.717, 1.165) is 19.3 Å². The summed E-state index contributed by atoms with van der Waals surface area (Å²) in [5.41, 5.74) is -0.126. The van der Waals surface area contributed by atoms with E-state index in [1.807, 2.05) is 0 Å². The van der Waals surface area contributed by atoms with Crippen LogP contribution in [-0.2, 0) is 14.3 Å². The van der Waals surface area contributed by atoms with Crippen molar-refractivity contribution in [2.45, 2.75) is 103 Å². The molecule has 2 N–H and O–H groups in total. The van der Waals surface area contributed by atoms with Crippen molar-refractivity contribution in [2.75, 3.05) is 13.2 Å². The van der Waals surface area contributed by atoms with Gasteiger partial charge >= 0.3 is 12.1 Å². The average molecular weight is 512 g/mol. The number of nitrogens with zero attached hydrogens (tertiary/aromatic N) is 1. The summed E-state index contributed by atoms with van der Waals surface area (Å²) >= 11 is 0. The lowest BCUT2D eigenvalue weighted by Gasteiger charge is -2.17. The number of nitro benzene ring substituents is 1. The van der Waals surface area contributed by atoms with Gasteiger partial charge in [0, 0.05) is 18.6 Å². The number of unbranched alkanes of at least 4 members (excludes halogenated alkanes) is 9. The molecule has 0 saturated carbocycles. The molecule has 0 aliphatic rings. The fraction of sp³-hybridized carbons (Fsp3) is 0.692. The molecule has 10 nitrogen and oxygen atoms in total. The Bertz CT molecular complexity index is 754. The molecule has 204 valence electrons. The Kier molecular flexibility index (Phi) is 16.9. The molecule has 0 spiro atoms. The minimum Gasteiger partial charge on any atom is -0.463 e. The maximum absolute atomic E-state index is 12.3. The first kappa shape index (κ1) is 31.3. The number of carbonyl (C=O) groups is 2. The molecular weight excluding hydrogens is 470 g/mol. The molecule has 0 saturated heterocycles. The third-order valence-electron chi connectivity index (χ3n) is 5.71. The average Bonchev–Trinajstić information content (AvgIpc) is 2.86. The number of hydrogen-bond donors (Lipinski definition) is 2. The molecule has 0 aliphatic heterocycles. The monoisotopic (exact) mass is 511 g/mol. The lowest BCUT2D eigenvalue weighted by Crippen LogP contribution is -2.24. The normalized spacial score (nSPS) is 12.5. The third kappa shape index (κ3) is 15.3. The van der Waals surface area contributed by atoms with Gasteiger partial charge in [0.1, 0.15) is 24.6 Å². The van der Waals surface area contributed by atoms with Crippen molar-refractivity contribution in [3.05, 3.63) is 34.4 Å². The number of esters is 1. The highest BCUT2D eigenvalue weighted by molar-refractivity contribution is 5.69. The first-order valence-electron chi connectivity index (χ1n) is 12.9. The largest absolute Gasteiger partial charge is 0.514 e. The Morgan fingerprint density at radius 1 is 0.944 bits per heavy atom. The number of hydrogen-bond acceptors (Lipinski definition) is 9. The summed E-state index contributed by atoms with van der Waals surface area (Å²) in [7, 11) is 0. The van der Waals surface area contributed by atoms with Crippen LogP contribution in [0.5, 0.6) is 5.75 Å². The van der Waals surface area contributed by atoms with E-state index in [-0.39, 0.29) is 30.9 Å². The van der Waals surface area contributed by atoms with Gasteiger partial charge in [-0.15, -0.1) is 0 Å². The van der Waals surface area contributed by atoms with Gasteiger partial charge in [0.05, 0.1) is 11.5 Å². The predicted octanol–water partition coefficient (Wildman–Crippen LogP) is 5.47. The van der Waals surface area contributed by atoms with E-state index >= 15 is 0 Å². The number of ether oxygens (including phenoxy) is 3. The van der Waals surface area contributed by atoms with Gasteiger partial charge in [-0.1, -0.05) is 64.7 Å². The van der Waals surface area contributed by atoms with Crippen LogP contribution >= 0.6 is 0 Å². The number of nitro groups is 1. The maximum atomic E-state index is 12.3. The summed E-state index contributed by atoms with van der Waals surface area (Å²) in [6, 6.07) is 5.06. The first-order chi connectivity index (χ1) is 17.3. The van der Waals surface area contributed by atoms with Crippen molar-refractivity contribution in [3.8, 4) is 5.75 Å². The highest BCUT2D eigenvalue weighted by atomic mass is 16.7. The first-order valence-corrected chi connectivity index (χ1v) is 12.9. The number of non-ortho nitro benzene ring substituents is 1. The van der Waals surface area contributed by atoms with Crippen LogP contribution in [0.4, 0.5) is 10.5 Å². The molecule has 1 rings (SSSR count). The minimum atomic E-state index is -1.13. The van der Waals surface area contributed by atoms with E-state index in [1.54, 1.807) is 0 Å². The van der Waals surface area contributed by atoms with Crippen LogP contribution in [0.25, 0.3) is 0 Å². The van der Waals surface area contributed by atoms with Crippen LogP contribution in [0.3, 0.4) is 0 Å². The standard InChI is InChI=1S/C26H41NO9/c1-2-3-4-5-6-7-8-9-10-11-12-23(17-18-25(30)34-20-22(29)19-28)35-26(31)36-24-15-13-21(14-16-24)27(32)33/h13-16,22-23,28-29H,2-12,17-20H2,1H3. The summed E-state index contributed by atoms with van der Waals surface area (Å²) in [4.78, 5) is 34.4. The van der Waals surface area contributed by atoms with E-state index < -0.39 is 35.9 Å². The predicted molar refractivity (Wildman–Crippen MR) is 134 cm³/mol. The smallest absolute Gasteiger partial charge is 0.463 e. The van der Waals surface area contributed by atoms with Gasteiger partial charge < -0.3 is 24.4 Å². The molecule has 1 aromatic carbocycles. The van der Waals surface area contributed by atoms with Gasteiger partial charge in [0.25, 0.3) is 5.69 Å². The van der Waals surface area contributed by atoms with E-state index in [1.165, 1.54) is 69.2 Å². The second-order valence-corrected chi connectivity index (χ2v) is 8.87. The second kappa shape index (κ2) is 19.5. The molecule has 0 aromatic heterocycles. The fourth-order valence-corrected chi connectivity index (χ4v) is 3.61. The molecule has 0 aliphatic carbocycles. The minimum absolute atomic E-state index is 0.0224. The molecule has 36 heavy (non-hydrogen) atoms. The van der Waals surface area contributed by atoms with Crippen molar-refractivity contribution >= 4 is 17.8 Å². The zero-order chi connectivity index (χ0) is 26.6. The number of benzene rings is 1. The van der Waals surface area contributed by atoms with Gasteiger partial charge in [-0.2, -0.15) is 0 Å². The van der Waals surface area contributed by atoms with Crippen LogP contribution < -0.4 is 4.74 Å². The van der Waals surface area contributed by atoms with Crippen LogP contribution in [0.15, 0.2) is 24.3 Å². The Hall–Kier alpha value is -2.72. The van der Waals surface area contributed by atoms with Crippen molar-refractivity contribution in [2.24, 2.45) is 0 Å². The molecule has 0 fully saturated rings. The van der Waals surface area contributed by atoms with Gasteiger partial charge in [-0.3, -0.25) is 14.9 Å². The molecule has 0 radical (unpaired) electrons. The van der Waals surface area contributed by atoms with Crippen LogP contribution in [0.2, 0.25) is 0 Å². The Morgan fingerprint density at radius 2 is 1.53 bits per heavy atom. The molecule has 2 atom stereocenters. The summed E-state index contributed by atoms with van der Waals surface area (Å²) in [6.07, 6.45) is 9.76. The van der Waals surface area contributed by atoms with Crippen molar-refractivity contribution < 1.29 is 38.9 Å². The van der Waals surface area contributed by atoms with E-state index in [9.17, 15) is 24.8 Å². The number of carbonyl (C=O) groups excluding carboxylic acids is 2. The molecule has 0 bridgehead atoms. The summed E-state index contributed by atoms with van der Waals surface area (Å²) in [5, 5.41) is 28.9. The molecule has 1 aromatic rings. The zero-order valence-electron chi connectivity index (χ0n) is 21.3. The molecule has 0 amide bonds. The second-order valence-electron chi connectivity index (χ2n) is 8.87. The van der Waals surface area contributed by atoms with Crippen LogP contribution in [0, 0.1) is 10.1 Å². The van der Waals surface area contributed by atoms with Crippen LogP contribution in [0.1, 0.15) is 90.4 Å². The Morgan fingerprint density at radius 3 is 2.08 bits per heavy atom. The highest BCUT2D eigenvalue weighted by Gasteiger charge is 2.19. The highest BCUT2D eigenvalue weighted by Crippen LogP contribution is 2.20. The molecule has 2 unspecified atom stereocenters. The summed E-state index contributed by atoms with van der Waals surface area (Å²) in [6.45, 7) is 1.39. The molecular formula is C26H41NO9. The number of rotatable bonds is 20. The number of aliphatic hydroxyl groups excluding tert-OH is 2. The lowest BCUT2D eigenvalue weighted by atomic mass is 10.0. The van der Waals surface area contributed by atoms with Gasteiger partial charge in [-0.25, -0.2) is 4.79 Å². The van der Waals surface area contributed by atoms with Gasteiger partial charge in [-0.05, 0) is 31.4 Å². The van der Waals surface area contributed by atoms with E-state index in [2.05, 4.69) is 6.92 Å². The zero-order valence-corrected chi connectivity index (χ0v) is 21.3. The fourth-order valence-electron chi connectivity index (χ4n) is 3.61. The SMILES string of the molecule is CCCCCCCCCCCCC(CCC(=O)OCC(O)CO)OC(=O)Oc1ccc([N+](=O)[O-])cc1. The Balaban J connectivity index is 2.46. The van der Waals surface area contributed by atoms with Crippen LogP contribution in [-0.4, -0.2) is 52.7 Å². The molecule has 10 heteroatoms. The Labute approximate surface area is 213 Å². The van der Waals surface area contributed by atoms with Gasteiger partial charge in [0.15, 0.2) is 0 Å². The summed E-state index contributed by atoms with van der Waals surface area (Å²) < 4.78 is 15.4. The van der Waals surface area contributed by atoms with E-state index in [4.69, 9.17) is 19.3 Å². The quantitative estimate of drug-likeness (QED) is 0.0765. The topological polar surface area (TPSA) is 145 Å². The van der Waals surface area contributed by atoms with Gasteiger partial charge in [0.2, 0.25) is 0 Å². The van der Waals surface area contributed by atoms with E-state index in [0.29, 0.717) is 6.42 Å². The lowest BCUT2D eigenvalue weighted by molar-refractivity contribution is -0.384. The van der Waals surface area contributed by atoms with Crippen molar-refractivity contribution in [3.63, 3.8) is 0 Å². The summed E-state index contributed by atoms with van der Waals surface area (Å²) in [5.74, 6) is -0.455. The maximum Gasteiger partial charge on any atom is 0.514 e. The third-order valence-corrected chi connectivity index (χ3v) is 5.71. The molecule has 0 heterocycles.